The molecule has 1 unspecified atom stereocenters. The van der Waals surface area contributed by atoms with E-state index >= 15 is 0 Å². The van der Waals surface area contributed by atoms with E-state index in [-0.39, 0.29) is 29.0 Å². The summed E-state index contributed by atoms with van der Waals surface area (Å²) in [5, 5.41) is 14.1. The summed E-state index contributed by atoms with van der Waals surface area (Å²) in [5.74, 6) is 0.628. The molecule has 26 heavy (non-hydrogen) atoms. The lowest BCUT2D eigenvalue weighted by atomic mass is 9.97. The first-order valence-corrected chi connectivity index (χ1v) is 9.40. The monoisotopic (exact) mass is 374 g/mol. The third kappa shape index (κ3) is 4.24. The highest BCUT2D eigenvalue weighted by molar-refractivity contribution is 7.99. The number of fused-ring (bicyclic) bond motifs is 1. The molecule has 1 aromatic heterocycles. The van der Waals surface area contributed by atoms with Crippen LogP contribution in [-0.2, 0) is 21.4 Å². The minimum absolute atomic E-state index is 0.000535. The first kappa shape index (κ1) is 18.4. The Balaban J connectivity index is 1.54. The molecule has 1 aliphatic rings. The van der Waals surface area contributed by atoms with Crippen LogP contribution in [0.3, 0.4) is 0 Å². The molecule has 7 nitrogen and oxygen atoms in total. The second-order valence-electron chi connectivity index (χ2n) is 7.34. The molecule has 3 rings (SSSR count). The van der Waals surface area contributed by atoms with Gasteiger partial charge in [0.05, 0.1) is 18.2 Å². The van der Waals surface area contributed by atoms with Crippen molar-refractivity contribution in [2.75, 3.05) is 11.1 Å². The van der Waals surface area contributed by atoms with Crippen molar-refractivity contribution >= 4 is 29.3 Å². The van der Waals surface area contributed by atoms with Gasteiger partial charge in [-0.05, 0) is 24.1 Å². The number of carbonyl (C=O) groups is 2. The summed E-state index contributed by atoms with van der Waals surface area (Å²) < 4.78 is 5.57. The maximum atomic E-state index is 12.2. The molecule has 1 atom stereocenters. The smallest absolute Gasteiger partial charge is 0.277 e. The van der Waals surface area contributed by atoms with Crippen LogP contribution in [-0.4, -0.2) is 27.8 Å². The summed E-state index contributed by atoms with van der Waals surface area (Å²) in [7, 11) is 0. The summed E-state index contributed by atoms with van der Waals surface area (Å²) in [6.45, 7) is 7.88. The summed E-state index contributed by atoms with van der Waals surface area (Å²) in [6, 6.07) is 5.59. The highest BCUT2D eigenvalue weighted by Gasteiger charge is 2.22. The lowest BCUT2D eigenvalue weighted by Gasteiger charge is -2.15. The van der Waals surface area contributed by atoms with Gasteiger partial charge in [0.1, 0.15) is 0 Å². The predicted molar refractivity (Wildman–Crippen MR) is 99.1 cm³/mol. The maximum absolute atomic E-state index is 12.2. The summed E-state index contributed by atoms with van der Waals surface area (Å²) in [5.41, 5.74) is 2.56. The molecule has 2 amide bonds. The number of hydrogen-bond donors (Lipinski definition) is 2. The second-order valence-corrected chi connectivity index (χ2v) is 8.27. The predicted octanol–water partition coefficient (Wildman–Crippen LogP) is 2.83. The van der Waals surface area contributed by atoms with Crippen molar-refractivity contribution in [3.05, 3.63) is 35.2 Å². The topological polar surface area (TPSA) is 97.1 Å². The normalized spacial score (nSPS) is 14.7. The molecule has 0 aliphatic carbocycles. The molecule has 0 radical (unpaired) electrons. The molecular formula is C18H22N4O3S. The van der Waals surface area contributed by atoms with Crippen molar-refractivity contribution < 1.29 is 14.0 Å². The van der Waals surface area contributed by atoms with E-state index in [2.05, 4.69) is 20.8 Å². The number of aromatic nitrogens is 2. The van der Waals surface area contributed by atoms with Gasteiger partial charge in [-0.25, -0.2) is 0 Å². The van der Waals surface area contributed by atoms with E-state index in [0.29, 0.717) is 17.5 Å². The van der Waals surface area contributed by atoms with Crippen LogP contribution < -0.4 is 10.6 Å². The number of benzene rings is 1. The third-order valence-electron chi connectivity index (χ3n) is 4.01. The zero-order chi connectivity index (χ0) is 18.9. The van der Waals surface area contributed by atoms with Crippen molar-refractivity contribution in [3.8, 4) is 0 Å². The molecule has 1 aromatic carbocycles. The molecule has 1 aliphatic heterocycles. The van der Waals surface area contributed by atoms with Crippen LogP contribution in [0.1, 0.15) is 50.8 Å². The molecule has 0 fully saturated rings. The van der Waals surface area contributed by atoms with Crippen LogP contribution in [0.5, 0.6) is 0 Å². The summed E-state index contributed by atoms with van der Waals surface area (Å²) >= 11 is 1.22. The van der Waals surface area contributed by atoms with Crippen LogP contribution in [0.2, 0.25) is 0 Å². The van der Waals surface area contributed by atoms with E-state index in [1.165, 1.54) is 11.8 Å². The number of amides is 2. The Hall–Kier alpha value is -2.35. The summed E-state index contributed by atoms with van der Waals surface area (Å²) in [6.07, 6.45) is 0.382. The van der Waals surface area contributed by atoms with Crippen LogP contribution in [0.4, 0.5) is 5.69 Å². The van der Waals surface area contributed by atoms with Crippen molar-refractivity contribution in [1.82, 2.24) is 15.5 Å². The average molecular weight is 374 g/mol. The molecule has 2 heterocycles. The standard InChI is InChI=1S/C18H22N4O3S/c1-10(11-5-6-13-12(7-11)8-14(23)20-13)19-15(24)9-26-17-22-21-16(25-17)18(2,3)4/h5-7,10H,8-9H2,1-4H3,(H,19,24)(H,20,23). The van der Waals surface area contributed by atoms with Crippen LogP contribution in [0.25, 0.3) is 0 Å². The first-order chi connectivity index (χ1) is 12.2. The van der Waals surface area contributed by atoms with Gasteiger partial charge in [-0.3, -0.25) is 9.59 Å². The van der Waals surface area contributed by atoms with Gasteiger partial charge >= 0.3 is 0 Å². The SMILES string of the molecule is CC(NC(=O)CSc1nnc(C(C)(C)C)o1)c1ccc2c(c1)CC(=O)N2. The Morgan fingerprint density at radius 3 is 2.85 bits per heavy atom. The van der Waals surface area contributed by atoms with Crippen molar-refractivity contribution in [1.29, 1.82) is 0 Å². The maximum Gasteiger partial charge on any atom is 0.277 e. The molecular weight excluding hydrogens is 352 g/mol. The van der Waals surface area contributed by atoms with Crippen LogP contribution in [0, 0.1) is 0 Å². The fourth-order valence-corrected chi connectivity index (χ4v) is 3.16. The fourth-order valence-electron chi connectivity index (χ4n) is 2.58. The number of carbonyl (C=O) groups excluding carboxylic acids is 2. The molecule has 8 heteroatoms. The molecule has 0 spiro atoms. The van der Waals surface area contributed by atoms with Gasteiger partial charge in [0, 0.05) is 11.1 Å². The Bertz CT molecular complexity index is 841. The molecule has 0 saturated carbocycles. The van der Waals surface area contributed by atoms with Gasteiger partial charge in [-0.1, -0.05) is 44.7 Å². The second kappa shape index (κ2) is 7.11. The quantitative estimate of drug-likeness (QED) is 0.781. The third-order valence-corrected chi connectivity index (χ3v) is 4.83. The van der Waals surface area contributed by atoms with Gasteiger partial charge in [-0.15, -0.1) is 10.2 Å². The highest BCUT2D eigenvalue weighted by atomic mass is 32.2. The van der Waals surface area contributed by atoms with E-state index in [0.717, 1.165) is 16.8 Å². The Morgan fingerprint density at radius 2 is 2.15 bits per heavy atom. The van der Waals surface area contributed by atoms with Crippen molar-refractivity contribution in [3.63, 3.8) is 0 Å². The lowest BCUT2D eigenvalue weighted by Crippen LogP contribution is -2.28. The highest BCUT2D eigenvalue weighted by Crippen LogP contribution is 2.27. The molecule has 0 saturated heterocycles. The zero-order valence-corrected chi connectivity index (χ0v) is 16.1. The molecule has 138 valence electrons. The Morgan fingerprint density at radius 1 is 1.38 bits per heavy atom. The minimum Gasteiger partial charge on any atom is -0.415 e. The molecule has 0 bridgehead atoms. The van der Waals surface area contributed by atoms with E-state index in [4.69, 9.17) is 4.42 Å². The first-order valence-electron chi connectivity index (χ1n) is 8.41. The minimum atomic E-state index is -0.216. The van der Waals surface area contributed by atoms with Gasteiger partial charge in [0.2, 0.25) is 17.7 Å². The summed E-state index contributed by atoms with van der Waals surface area (Å²) in [4.78, 5) is 23.6. The fraction of sp³-hybridized carbons (Fsp3) is 0.444. The van der Waals surface area contributed by atoms with Crippen LogP contribution in [0.15, 0.2) is 27.8 Å². The molecule has 2 N–H and O–H groups in total. The van der Waals surface area contributed by atoms with Crippen LogP contribution >= 0.6 is 11.8 Å². The van der Waals surface area contributed by atoms with E-state index in [9.17, 15) is 9.59 Å². The number of rotatable bonds is 5. The number of nitrogens with zero attached hydrogens (tertiary/aromatic N) is 2. The Kier molecular flexibility index (Phi) is 5.04. The van der Waals surface area contributed by atoms with Gasteiger partial charge in [0.25, 0.3) is 5.22 Å². The molecule has 2 aromatic rings. The van der Waals surface area contributed by atoms with Gasteiger partial charge < -0.3 is 15.1 Å². The van der Waals surface area contributed by atoms with Gasteiger partial charge in [0.15, 0.2) is 0 Å². The Labute approximate surface area is 156 Å². The lowest BCUT2D eigenvalue weighted by molar-refractivity contribution is -0.119. The number of hydrogen-bond acceptors (Lipinski definition) is 6. The van der Waals surface area contributed by atoms with E-state index < -0.39 is 0 Å². The number of nitrogens with one attached hydrogen (secondary N) is 2. The van der Waals surface area contributed by atoms with Crippen molar-refractivity contribution in [2.45, 2.75) is 50.8 Å². The van der Waals surface area contributed by atoms with Gasteiger partial charge in [-0.2, -0.15) is 0 Å². The largest absolute Gasteiger partial charge is 0.415 e. The van der Waals surface area contributed by atoms with E-state index in [1.807, 2.05) is 45.9 Å². The number of thioether (sulfide) groups is 1. The zero-order valence-electron chi connectivity index (χ0n) is 15.3. The van der Waals surface area contributed by atoms with E-state index in [1.54, 1.807) is 0 Å². The van der Waals surface area contributed by atoms with Crippen molar-refractivity contribution in [2.24, 2.45) is 0 Å². The average Bonchev–Trinajstić information content (AvgIpc) is 3.17. The number of anilines is 1.